The minimum Gasteiger partial charge on any atom is -0.369 e. The zero-order valence-electron chi connectivity index (χ0n) is 16.1. The van der Waals surface area contributed by atoms with E-state index in [1.165, 1.54) is 18.2 Å². The average Bonchev–Trinajstić information content (AvgIpc) is 3.10. The molecule has 3 aromatic rings. The van der Waals surface area contributed by atoms with E-state index in [1.54, 1.807) is 6.07 Å². The fraction of sp³-hybridized carbons (Fsp3) is 0.286. The van der Waals surface area contributed by atoms with E-state index in [2.05, 4.69) is 38.2 Å². The third-order valence-corrected chi connectivity index (χ3v) is 5.11. The molecule has 2 N–H and O–H groups in total. The van der Waals surface area contributed by atoms with Crippen molar-refractivity contribution in [1.29, 1.82) is 5.26 Å². The number of piperazine rings is 1. The van der Waals surface area contributed by atoms with Crippen LogP contribution in [0, 0.1) is 17.1 Å². The number of anilines is 2. The van der Waals surface area contributed by atoms with Gasteiger partial charge in [0.1, 0.15) is 23.3 Å². The second-order valence-corrected chi connectivity index (χ2v) is 7.17. The molecule has 8 heteroatoms. The van der Waals surface area contributed by atoms with E-state index in [1.807, 2.05) is 12.1 Å². The van der Waals surface area contributed by atoms with Crippen LogP contribution < -0.4 is 10.2 Å². The van der Waals surface area contributed by atoms with Gasteiger partial charge in [-0.15, -0.1) is 0 Å². The molecule has 2 aromatic carbocycles. The highest BCUT2D eigenvalue weighted by Crippen LogP contribution is 2.22. The van der Waals surface area contributed by atoms with Crippen molar-refractivity contribution in [2.24, 2.45) is 0 Å². The maximum atomic E-state index is 13.7. The summed E-state index contributed by atoms with van der Waals surface area (Å²) in [5, 5.41) is 11.7. The topological polar surface area (TPSA) is 88.0 Å². The Labute approximate surface area is 167 Å². The Bertz CT molecular complexity index is 1090. The lowest BCUT2D eigenvalue weighted by molar-refractivity contribution is -0.115. The van der Waals surface area contributed by atoms with Crippen molar-refractivity contribution in [3.8, 4) is 6.07 Å². The van der Waals surface area contributed by atoms with Gasteiger partial charge in [-0.05, 0) is 37.4 Å². The smallest absolute Gasteiger partial charge is 0.232 e. The maximum absolute atomic E-state index is 13.7. The van der Waals surface area contributed by atoms with Crippen molar-refractivity contribution < 1.29 is 9.18 Å². The molecule has 0 spiro atoms. The summed E-state index contributed by atoms with van der Waals surface area (Å²) in [5.41, 5.74) is 2.76. The zero-order valence-corrected chi connectivity index (χ0v) is 16.1. The fourth-order valence-corrected chi connectivity index (χ4v) is 3.48. The minimum absolute atomic E-state index is 0.0000950. The number of nitriles is 1. The summed E-state index contributed by atoms with van der Waals surface area (Å²) in [6, 6.07) is 12.0. The molecule has 2 heterocycles. The SMILES string of the molecule is CN1CCN(c2ccc3nc(CC(=O)Nc4cccc(F)c4C#N)[nH]c3c2)CC1. The summed E-state index contributed by atoms with van der Waals surface area (Å²) < 4.78 is 13.7. The molecule has 1 aliphatic heterocycles. The molecule has 0 atom stereocenters. The number of rotatable bonds is 4. The van der Waals surface area contributed by atoms with Gasteiger partial charge in [-0.2, -0.15) is 5.26 Å². The third kappa shape index (κ3) is 4.05. The lowest BCUT2D eigenvalue weighted by Crippen LogP contribution is -2.44. The number of fused-ring (bicyclic) bond motifs is 1. The summed E-state index contributed by atoms with van der Waals surface area (Å²) in [6.45, 7) is 3.99. The first-order valence-electron chi connectivity index (χ1n) is 9.44. The van der Waals surface area contributed by atoms with Gasteiger partial charge in [0.25, 0.3) is 0 Å². The van der Waals surface area contributed by atoms with Crippen molar-refractivity contribution in [3.05, 3.63) is 53.6 Å². The van der Waals surface area contributed by atoms with Crippen LogP contribution in [0.5, 0.6) is 0 Å². The second-order valence-electron chi connectivity index (χ2n) is 7.17. The van der Waals surface area contributed by atoms with Gasteiger partial charge >= 0.3 is 0 Å². The zero-order chi connectivity index (χ0) is 20.4. The second kappa shape index (κ2) is 7.89. The van der Waals surface area contributed by atoms with Crippen LogP contribution in [-0.4, -0.2) is 54.0 Å². The lowest BCUT2D eigenvalue weighted by atomic mass is 10.2. The van der Waals surface area contributed by atoms with Gasteiger partial charge in [0.2, 0.25) is 5.91 Å². The van der Waals surface area contributed by atoms with E-state index in [9.17, 15) is 9.18 Å². The van der Waals surface area contributed by atoms with Crippen LogP contribution in [-0.2, 0) is 11.2 Å². The van der Waals surface area contributed by atoms with Crippen LogP contribution in [0.25, 0.3) is 11.0 Å². The maximum Gasteiger partial charge on any atom is 0.232 e. The van der Waals surface area contributed by atoms with E-state index < -0.39 is 5.82 Å². The first-order chi connectivity index (χ1) is 14.0. The van der Waals surface area contributed by atoms with E-state index in [4.69, 9.17) is 5.26 Å². The van der Waals surface area contributed by atoms with Crippen LogP contribution in [0.15, 0.2) is 36.4 Å². The van der Waals surface area contributed by atoms with Crippen LogP contribution >= 0.6 is 0 Å². The first-order valence-corrected chi connectivity index (χ1v) is 9.44. The monoisotopic (exact) mass is 392 g/mol. The standard InChI is InChI=1S/C21H21FN6O/c1-27-7-9-28(10-8-27)14-5-6-18-19(11-14)25-20(24-18)12-21(29)26-17-4-2-3-16(22)15(17)13-23/h2-6,11H,7-10,12H2,1H3,(H,24,25)(H,26,29). The minimum atomic E-state index is -0.662. The molecule has 1 aromatic heterocycles. The molecule has 0 unspecified atom stereocenters. The highest BCUT2D eigenvalue weighted by atomic mass is 19.1. The molecule has 7 nitrogen and oxygen atoms in total. The number of nitrogens with zero attached hydrogens (tertiary/aromatic N) is 4. The number of imidazole rings is 1. The molecule has 4 rings (SSSR count). The molecule has 0 saturated carbocycles. The molecule has 29 heavy (non-hydrogen) atoms. The number of carbonyl (C=O) groups is 1. The van der Waals surface area contributed by atoms with Gasteiger partial charge in [0, 0.05) is 31.9 Å². The number of nitrogens with one attached hydrogen (secondary N) is 2. The van der Waals surface area contributed by atoms with E-state index in [0.29, 0.717) is 5.82 Å². The van der Waals surface area contributed by atoms with Crippen molar-refractivity contribution in [2.75, 3.05) is 43.4 Å². The van der Waals surface area contributed by atoms with Gasteiger partial charge < -0.3 is 20.1 Å². The van der Waals surface area contributed by atoms with E-state index in [-0.39, 0.29) is 23.6 Å². The Kier molecular flexibility index (Phi) is 5.14. The van der Waals surface area contributed by atoms with Crippen molar-refractivity contribution in [2.45, 2.75) is 6.42 Å². The summed E-state index contributed by atoms with van der Waals surface area (Å²) in [7, 11) is 2.12. The number of hydrogen-bond donors (Lipinski definition) is 2. The Balaban J connectivity index is 1.48. The Hall–Kier alpha value is -3.44. The number of aromatic amines is 1. The summed E-state index contributed by atoms with van der Waals surface area (Å²) in [4.78, 5) is 24.7. The molecule has 1 amide bonds. The van der Waals surface area contributed by atoms with E-state index >= 15 is 0 Å². The lowest BCUT2D eigenvalue weighted by Gasteiger charge is -2.34. The summed E-state index contributed by atoms with van der Waals surface area (Å²) in [5.74, 6) is -0.515. The van der Waals surface area contributed by atoms with Crippen molar-refractivity contribution >= 4 is 28.3 Å². The van der Waals surface area contributed by atoms with Gasteiger partial charge in [0.15, 0.2) is 0 Å². The van der Waals surface area contributed by atoms with Gasteiger partial charge in [-0.1, -0.05) is 6.07 Å². The largest absolute Gasteiger partial charge is 0.369 e. The third-order valence-electron chi connectivity index (χ3n) is 5.11. The van der Waals surface area contributed by atoms with Crippen LogP contribution in [0.1, 0.15) is 11.4 Å². The van der Waals surface area contributed by atoms with E-state index in [0.717, 1.165) is 42.9 Å². The Morgan fingerprint density at radius 3 is 2.83 bits per heavy atom. The molecule has 1 aliphatic rings. The molecule has 0 bridgehead atoms. The van der Waals surface area contributed by atoms with Gasteiger partial charge in [-0.25, -0.2) is 9.37 Å². The fourth-order valence-electron chi connectivity index (χ4n) is 3.48. The number of hydrogen-bond acceptors (Lipinski definition) is 5. The molecule has 1 saturated heterocycles. The average molecular weight is 392 g/mol. The number of likely N-dealkylation sites (N-methyl/N-ethyl adjacent to an activating group) is 1. The number of amides is 1. The van der Waals surface area contributed by atoms with Crippen LogP contribution in [0.4, 0.5) is 15.8 Å². The summed E-state index contributed by atoms with van der Waals surface area (Å²) >= 11 is 0. The number of H-pyrrole nitrogens is 1. The molecule has 1 fully saturated rings. The highest BCUT2D eigenvalue weighted by Gasteiger charge is 2.16. The van der Waals surface area contributed by atoms with Gasteiger partial charge in [-0.3, -0.25) is 4.79 Å². The number of aromatic nitrogens is 2. The molecule has 0 aliphatic carbocycles. The first kappa shape index (κ1) is 18.9. The highest BCUT2D eigenvalue weighted by molar-refractivity contribution is 5.93. The van der Waals surface area contributed by atoms with Crippen LogP contribution in [0.3, 0.4) is 0 Å². The predicted molar refractivity (Wildman–Crippen MR) is 109 cm³/mol. The molecule has 148 valence electrons. The van der Waals surface area contributed by atoms with Crippen molar-refractivity contribution in [3.63, 3.8) is 0 Å². The van der Waals surface area contributed by atoms with Crippen molar-refractivity contribution in [1.82, 2.24) is 14.9 Å². The number of halogens is 1. The quantitative estimate of drug-likeness (QED) is 0.712. The molecule has 0 radical (unpaired) electrons. The van der Waals surface area contributed by atoms with Crippen LogP contribution in [0.2, 0.25) is 0 Å². The normalized spacial score (nSPS) is 14.7. The number of benzene rings is 2. The molecular weight excluding hydrogens is 371 g/mol. The number of carbonyl (C=O) groups excluding carboxylic acids is 1. The summed E-state index contributed by atoms with van der Waals surface area (Å²) in [6.07, 6.45) is -0.0000950. The molecular formula is C21H21FN6O. The Morgan fingerprint density at radius 2 is 2.07 bits per heavy atom. The predicted octanol–water partition coefficient (Wildman–Crippen LogP) is 2.51. The van der Waals surface area contributed by atoms with Gasteiger partial charge in [0.05, 0.1) is 23.1 Å². The Morgan fingerprint density at radius 1 is 1.28 bits per heavy atom.